The predicted molar refractivity (Wildman–Crippen MR) is 81.0 cm³/mol. The van der Waals surface area contributed by atoms with E-state index in [0.717, 1.165) is 6.92 Å². The summed E-state index contributed by atoms with van der Waals surface area (Å²) in [6, 6.07) is 0. The molecule has 0 aliphatic carbocycles. The van der Waals surface area contributed by atoms with Crippen molar-refractivity contribution >= 4 is 0 Å². The van der Waals surface area contributed by atoms with Crippen LogP contribution in [0.25, 0.3) is 0 Å². The zero-order valence-corrected chi connectivity index (χ0v) is 15.2. The monoisotopic (exact) mass is 320 g/mol. The Labute approximate surface area is 127 Å². The number of alkyl halides is 5. The van der Waals surface area contributed by atoms with Crippen LogP contribution in [0.1, 0.15) is 69.2 Å². The van der Waals surface area contributed by atoms with Crippen LogP contribution in [-0.4, -0.2) is 19.0 Å². The van der Waals surface area contributed by atoms with Gasteiger partial charge in [0, 0.05) is 10.8 Å². The molecule has 0 amide bonds. The molecular weight excluding hydrogens is 287 g/mol. The minimum Gasteiger partial charge on any atom is -0.251 e. The number of hydrogen-bond acceptors (Lipinski definition) is 0. The largest absolute Gasteiger partial charge is 0.251 e. The van der Waals surface area contributed by atoms with Gasteiger partial charge in [0.25, 0.3) is 0 Å². The molecule has 0 atom stereocenters. The topological polar surface area (TPSA) is 0 Å². The average Bonchev–Trinajstić information content (AvgIpc) is 2.13. The summed E-state index contributed by atoms with van der Waals surface area (Å²) in [6.07, 6.45) is -2.20. The molecule has 132 valence electrons. The minimum absolute atomic E-state index is 0.125. The van der Waals surface area contributed by atoms with Gasteiger partial charge >= 0.3 is 0 Å². The molecular formula is C16H33F5. The van der Waals surface area contributed by atoms with Crippen molar-refractivity contribution in [2.45, 2.75) is 81.6 Å². The summed E-state index contributed by atoms with van der Waals surface area (Å²) in [7, 11) is 0. The van der Waals surface area contributed by atoms with Gasteiger partial charge in [-0.3, -0.25) is 4.39 Å². The number of rotatable bonds is 0. The third-order valence-corrected chi connectivity index (χ3v) is 2.37. The van der Waals surface area contributed by atoms with Crippen LogP contribution in [0, 0.1) is 16.2 Å². The fraction of sp³-hybridized carbons (Fsp3) is 1.00. The summed E-state index contributed by atoms with van der Waals surface area (Å²) < 4.78 is 59.0. The van der Waals surface area contributed by atoms with E-state index in [2.05, 4.69) is 0 Å². The maximum absolute atomic E-state index is 12.2. The van der Waals surface area contributed by atoms with Gasteiger partial charge in [0.1, 0.15) is 0 Å². The average molecular weight is 320 g/mol. The van der Waals surface area contributed by atoms with Crippen molar-refractivity contribution in [1.82, 2.24) is 0 Å². The number of hydrogen-bond donors (Lipinski definition) is 0. The molecule has 0 spiro atoms. The van der Waals surface area contributed by atoms with Crippen molar-refractivity contribution in [3.63, 3.8) is 0 Å². The Balaban J connectivity index is -0.000000234. The summed E-state index contributed by atoms with van der Waals surface area (Å²) in [4.78, 5) is 0. The first-order valence-electron chi connectivity index (χ1n) is 6.97. The fourth-order valence-corrected chi connectivity index (χ4v) is 0. The van der Waals surface area contributed by atoms with Gasteiger partial charge in [0.2, 0.25) is 12.3 Å². The van der Waals surface area contributed by atoms with Crippen molar-refractivity contribution in [2.75, 3.05) is 6.67 Å². The van der Waals surface area contributed by atoms with Crippen molar-refractivity contribution in [2.24, 2.45) is 16.2 Å². The van der Waals surface area contributed by atoms with Gasteiger partial charge in [0.15, 0.2) is 0 Å². The molecule has 0 bridgehead atoms. The van der Waals surface area contributed by atoms with Crippen molar-refractivity contribution in [1.29, 1.82) is 0 Å². The Morgan fingerprint density at radius 3 is 0.857 bits per heavy atom. The molecule has 5 heteroatoms. The van der Waals surface area contributed by atoms with E-state index in [1.807, 2.05) is 20.8 Å². The Kier molecular flexibility index (Phi) is 10.9. The van der Waals surface area contributed by atoms with E-state index >= 15 is 0 Å². The summed E-state index contributed by atoms with van der Waals surface area (Å²) >= 11 is 0. The van der Waals surface area contributed by atoms with Crippen LogP contribution in [0.2, 0.25) is 0 Å². The van der Waals surface area contributed by atoms with Crippen molar-refractivity contribution in [3.8, 4) is 0 Å². The molecule has 21 heavy (non-hydrogen) atoms. The Hall–Kier alpha value is -0.350. The first kappa shape index (κ1) is 25.6. The first-order valence-corrected chi connectivity index (χ1v) is 6.97. The van der Waals surface area contributed by atoms with Gasteiger partial charge in [-0.1, -0.05) is 62.3 Å². The molecule has 0 aliphatic rings. The maximum Gasteiger partial charge on any atom is 0.250 e. The molecule has 0 heterocycles. The lowest BCUT2D eigenvalue weighted by Gasteiger charge is -2.26. The third kappa shape index (κ3) is 19.6. The summed E-state index contributed by atoms with van der Waals surface area (Å²) in [5, 5.41) is 0. The van der Waals surface area contributed by atoms with Crippen LogP contribution in [0.4, 0.5) is 22.0 Å². The van der Waals surface area contributed by atoms with E-state index in [1.165, 1.54) is 41.5 Å². The molecule has 0 saturated carbocycles. The van der Waals surface area contributed by atoms with Crippen LogP contribution in [0.3, 0.4) is 0 Å². The standard InChI is InChI=1S/C6H12F2.C5H10F2.C5H11F/c1-5(2,3)6(4,7)8;1-5(2,3)4(6)7;1-5(2,3)4-6/h1-4H3;4H,1-3H3;4H2,1-3H3. The zero-order valence-electron chi connectivity index (χ0n) is 15.2. The third-order valence-electron chi connectivity index (χ3n) is 2.37. The van der Waals surface area contributed by atoms with E-state index in [4.69, 9.17) is 0 Å². The lowest BCUT2D eigenvalue weighted by atomic mass is 9.89. The highest BCUT2D eigenvalue weighted by atomic mass is 19.3. The zero-order chi connectivity index (χ0) is 18.3. The van der Waals surface area contributed by atoms with E-state index in [1.54, 1.807) is 0 Å². The first-order chi connectivity index (χ1) is 8.75. The molecule has 0 aromatic heterocycles. The molecule has 0 N–H and O–H groups in total. The normalized spacial score (nSPS) is 13.1. The highest BCUT2D eigenvalue weighted by molar-refractivity contribution is 4.75. The van der Waals surface area contributed by atoms with Gasteiger partial charge in [-0.2, -0.15) is 0 Å². The van der Waals surface area contributed by atoms with Crippen LogP contribution in [0.5, 0.6) is 0 Å². The van der Waals surface area contributed by atoms with Gasteiger partial charge in [-0.25, -0.2) is 17.6 Å². The highest BCUT2D eigenvalue weighted by Crippen LogP contribution is 2.34. The van der Waals surface area contributed by atoms with E-state index < -0.39 is 23.2 Å². The Morgan fingerprint density at radius 1 is 0.714 bits per heavy atom. The van der Waals surface area contributed by atoms with Crippen LogP contribution in [0.15, 0.2) is 0 Å². The molecule has 0 aliphatic heterocycles. The second-order valence-corrected chi connectivity index (χ2v) is 8.50. The molecule has 0 aromatic rings. The SMILES string of the molecule is CC(C)(C)C(C)(F)F.CC(C)(C)C(F)F.CC(C)(C)CF. The fourth-order valence-electron chi connectivity index (χ4n) is 0. The highest BCUT2D eigenvalue weighted by Gasteiger charge is 2.37. The Bertz CT molecular complexity index is 234. The summed E-state index contributed by atoms with van der Waals surface area (Å²) in [5.41, 5.74) is -1.85. The second kappa shape index (κ2) is 8.94. The lowest BCUT2D eigenvalue weighted by Crippen LogP contribution is -2.29. The lowest BCUT2D eigenvalue weighted by molar-refractivity contribution is -0.0785. The number of halogens is 5. The van der Waals surface area contributed by atoms with Crippen molar-refractivity contribution < 1.29 is 22.0 Å². The molecule has 0 unspecified atom stereocenters. The van der Waals surface area contributed by atoms with E-state index in [-0.39, 0.29) is 12.1 Å². The van der Waals surface area contributed by atoms with E-state index in [0.29, 0.717) is 0 Å². The van der Waals surface area contributed by atoms with Crippen molar-refractivity contribution in [3.05, 3.63) is 0 Å². The van der Waals surface area contributed by atoms with Gasteiger partial charge < -0.3 is 0 Å². The van der Waals surface area contributed by atoms with Gasteiger partial charge in [-0.05, 0) is 12.3 Å². The summed E-state index contributed by atoms with van der Waals surface area (Å²) in [6.45, 7) is 15.4. The molecule has 0 aromatic carbocycles. The Morgan fingerprint density at radius 2 is 0.857 bits per heavy atom. The van der Waals surface area contributed by atoms with E-state index in [9.17, 15) is 22.0 Å². The van der Waals surface area contributed by atoms with Crippen LogP contribution < -0.4 is 0 Å². The quantitative estimate of drug-likeness (QED) is 0.422. The smallest absolute Gasteiger partial charge is 0.250 e. The van der Waals surface area contributed by atoms with Gasteiger partial charge in [-0.15, -0.1) is 0 Å². The molecule has 0 saturated heterocycles. The van der Waals surface area contributed by atoms with Crippen LogP contribution in [-0.2, 0) is 0 Å². The molecule has 0 nitrogen and oxygen atoms in total. The minimum atomic E-state index is -2.56. The molecule has 0 radical (unpaired) electrons. The molecule has 0 rings (SSSR count). The molecule has 0 fully saturated rings. The second-order valence-electron chi connectivity index (χ2n) is 8.50. The van der Waals surface area contributed by atoms with Gasteiger partial charge in [0.05, 0.1) is 6.67 Å². The predicted octanol–water partition coefficient (Wildman–Crippen LogP) is 6.99. The maximum atomic E-state index is 12.2. The van der Waals surface area contributed by atoms with Crippen LogP contribution >= 0.6 is 0 Å². The summed E-state index contributed by atoms with van der Waals surface area (Å²) in [5.74, 6) is -2.56.